The van der Waals surface area contributed by atoms with E-state index in [4.69, 9.17) is 11.6 Å². The van der Waals surface area contributed by atoms with Crippen molar-refractivity contribution in [1.29, 1.82) is 0 Å². The maximum atomic E-state index is 11.5. The van der Waals surface area contributed by atoms with Gasteiger partial charge in [0, 0.05) is 26.6 Å². The van der Waals surface area contributed by atoms with E-state index in [1.807, 2.05) is 6.92 Å². The number of amides is 1. The Morgan fingerprint density at radius 3 is 2.60 bits per heavy atom. The zero-order valence-electron chi connectivity index (χ0n) is 9.33. The molecule has 0 atom stereocenters. The Balaban J connectivity index is 4.75. The molecule has 0 N–H and O–H groups in total. The smallest absolute Gasteiger partial charge is 0.227 e. The average molecular weight is 230 g/mol. The summed E-state index contributed by atoms with van der Waals surface area (Å²) in [5.41, 5.74) is 0. The molecule has 0 aliphatic carbocycles. The molecule has 0 saturated carbocycles. The molecule has 0 heterocycles. The molecule has 0 saturated heterocycles. The Morgan fingerprint density at radius 1 is 1.60 bits per heavy atom. The standard InChI is InChI=1S/C10H16ClN3O/c1-5-6-10(15)14(4)9(13-3)7-8(11)12-2/h7H,3,5-6H2,1-2,4H3. The second-order valence-electron chi connectivity index (χ2n) is 2.91. The van der Waals surface area contributed by atoms with Crippen molar-refractivity contribution >= 4 is 29.4 Å². The molecule has 0 radical (unpaired) electrons. The van der Waals surface area contributed by atoms with Gasteiger partial charge in [0.1, 0.15) is 11.0 Å². The maximum Gasteiger partial charge on any atom is 0.227 e. The summed E-state index contributed by atoms with van der Waals surface area (Å²) < 4.78 is 0. The summed E-state index contributed by atoms with van der Waals surface area (Å²) >= 11 is 5.71. The van der Waals surface area contributed by atoms with Gasteiger partial charge >= 0.3 is 0 Å². The highest BCUT2D eigenvalue weighted by Crippen LogP contribution is 2.07. The fraction of sp³-hybridized carbons (Fsp3) is 0.500. The second-order valence-corrected chi connectivity index (χ2v) is 3.30. The minimum absolute atomic E-state index is 0.0169. The summed E-state index contributed by atoms with van der Waals surface area (Å²) in [5, 5.41) is 0.286. The maximum absolute atomic E-state index is 11.5. The molecule has 0 bridgehead atoms. The lowest BCUT2D eigenvalue weighted by molar-refractivity contribution is -0.128. The molecular formula is C10H16ClN3O. The summed E-state index contributed by atoms with van der Waals surface area (Å²) in [6, 6.07) is 0. The predicted molar refractivity (Wildman–Crippen MR) is 64.5 cm³/mol. The first-order valence-corrected chi connectivity index (χ1v) is 5.01. The summed E-state index contributed by atoms with van der Waals surface area (Å²) in [6.07, 6.45) is 2.77. The Bertz CT molecular complexity index is 297. The molecule has 4 nitrogen and oxygen atoms in total. The Morgan fingerprint density at radius 2 is 2.20 bits per heavy atom. The number of carbonyl (C=O) groups excluding carboxylic acids is 1. The van der Waals surface area contributed by atoms with Crippen LogP contribution in [0.4, 0.5) is 0 Å². The normalized spacial score (nSPS) is 12.5. The number of rotatable bonds is 5. The molecule has 0 aromatic carbocycles. The number of hydrogen-bond acceptors (Lipinski definition) is 3. The third-order valence-electron chi connectivity index (χ3n) is 1.81. The van der Waals surface area contributed by atoms with Gasteiger partial charge in [-0.15, -0.1) is 0 Å². The highest BCUT2D eigenvalue weighted by molar-refractivity contribution is 6.68. The van der Waals surface area contributed by atoms with Crippen LogP contribution in [-0.2, 0) is 4.79 Å². The molecule has 0 aromatic rings. The van der Waals surface area contributed by atoms with E-state index in [1.165, 1.54) is 11.0 Å². The van der Waals surface area contributed by atoms with E-state index in [9.17, 15) is 4.79 Å². The first kappa shape index (κ1) is 13.8. The quantitative estimate of drug-likeness (QED) is 0.666. The Kier molecular flexibility index (Phi) is 6.62. The lowest BCUT2D eigenvalue weighted by Crippen LogP contribution is -2.25. The molecule has 5 heteroatoms. The van der Waals surface area contributed by atoms with Gasteiger partial charge in [0.15, 0.2) is 0 Å². The van der Waals surface area contributed by atoms with Crippen LogP contribution in [0.25, 0.3) is 0 Å². The zero-order chi connectivity index (χ0) is 11.8. The highest BCUT2D eigenvalue weighted by Gasteiger charge is 2.11. The average Bonchev–Trinajstić information content (AvgIpc) is 2.24. The van der Waals surface area contributed by atoms with Gasteiger partial charge in [-0.05, 0) is 13.1 Å². The van der Waals surface area contributed by atoms with Gasteiger partial charge in [0.25, 0.3) is 0 Å². The molecule has 0 fully saturated rings. The van der Waals surface area contributed by atoms with E-state index in [0.29, 0.717) is 12.2 Å². The van der Waals surface area contributed by atoms with Crippen LogP contribution in [0.1, 0.15) is 19.8 Å². The van der Waals surface area contributed by atoms with Crippen LogP contribution < -0.4 is 0 Å². The van der Waals surface area contributed by atoms with E-state index < -0.39 is 0 Å². The second kappa shape index (κ2) is 7.17. The topological polar surface area (TPSA) is 45.0 Å². The summed E-state index contributed by atoms with van der Waals surface area (Å²) in [4.78, 5) is 20.4. The monoisotopic (exact) mass is 229 g/mol. The lowest BCUT2D eigenvalue weighted by atomic mass is 10.3. The molecule has 0 aliphatic heterocycles. The van der Waals surface area contributed by atoms with Gasteiger partial charge in [-0.1, -0.05) is 18.5 Å². The van der Waals surface area contributed by atoms with E-state index in [2.05, 4.69) is 16.7 Å². The van der Waals surface area contributed by atoms with Gasteiger partial charge in [0.2, 0.25) is 5.91 Å². The molecule has 0 aromatic heterocycles. The molecular weight excluding hydrogens is 214 g/mol. The first-order chi connectivity index (χ1) is 7.06. The third-order valence-corrected chi connectivity index (χ3v) is 2.08. The highest BCUT2D eigenvalue weighted by atomic mass is 35.5. The molecule has 0 spiro atoms. The van der Waals surface area contributed by atoms with Gasteiger partial charge in [-0.2, -0.15) is 0 Å². The van der Waals surface area contributed by atoms with E-state index >= 15 is 0 Å². The number of aliphatic imine (C=N–C) groups is 2. The summed E-state index contributed by atoms with van der Waals surface area (Å²) in [6.45, 7) is 5.33. The number of halogens is 1. The Hall–Kier alpha value is -1.16. The fourth-order valence-electron chi connectivity index (χ4n) is 0.929. The van der Waals surface area contributed by atoms with Gasteiger partial charge in [-0.25, -0.2) is 4.99 Å². The van der Waals surface area contributed by atoms with Gasteiger partial charge < -0.3 is 0 Å². The molecule has 84 valence electrons. The van der Waals surface area contributed by atoms with Crippen LogP contribution in [0, 0.1) is 0 Å². The minimum atomic E-state index is -0.0169. The van der Waals surface area contributed by atoms with Crippen molar-refractivity contribution in [3.8, 4) is 0 Å². The van der Waals surface area contributed by atoms with Crippen molar-refractivity contribution < 1.29 is 4.79 Å². The number of hydrogen-bond donors (Lipinski definition) is 0. The van der Waals surface area contributed by atoms with Crippen molar-refractivity contribution in [2.24, 2.45) is 9.98 Å². The van der Waals surface area contributed by atoms with Crippen molar-refractivity contribution in [3.63, 3.8) is 0 Å². The SMILES string of the molecule is C=NC(=CC(Cl)=NC)N(C)C(=O)CCC. The largest absolute Gasteiger partial charge is 0.300 e. The van der Waals surface area contributed by atoms with Crippen LogP contribution in [0.2, 0.25) is 0 Å². The van der Waals surface area contributed by atoms with Crippen LogP contribution in [0.15, 0.2) is 21.9 Å². The summed E-state index contributed by atoms with van der Waals surface area (Å²) in [7, 11) is 3.20. The van der Waals surface area contributed by atoms with Crippen molar-refractivity contribution in [2.45, 2.75) is 19.8 Å². The first-order valence-electron chi connectivity index (χ1n) is 4.64. The number of carbonyl (C=O) groups is 1. The minimum Gasteiger partial charge on any atom is -0.300 e. The van der Waals surface area contributed by atoms with Gasteiger partial charge in [0.05, 0.1) is 0 Å². The molecule has 0 rings (SSSR count). The lowest BCUT2D eigenvalue weighted by Gasteiger charge is -2.16. The third kappa shape index (κ3) is 4.74. The molecule has 15 heavy (non-hydrogen) atoms. The van der Waals surface area contributed by atoms with Crippen LogP contribution in [0.3, 0.4) is 0 Å². The Labute approximate surface area is 95.3 Å². The predicted octanol–water partition coefficient (Wildman–Crippen LogP) is 2.05. The molecule has 0 aliphatic rings. The van der Waals surface area contributed by atoms with Crippen LogP contribution >= 0.6 is 11.6 Å². The summed E-state index contributed by atoms with van der Waals surface area (Å²) in [5.74, 6) is 0.390. The van der Waals surface area contributed by atoms with E-state index in [1.54, 1.807) is 14.1 Å². The number of allylic oxidation sites excluding steroid dienone is 1. The van der Waals surface area contributed by atoms with E-state index in [-0.39, 0.29) is 11.1 Å². The van der Waals surface area contributed by atoms with Crippen LogP contribution in [0.5, 0.6) is 0 Å². The fourth-order valence-corrected chi connectivity index (χ4v) is 1.03. The molecule has 1 amide bonds. The van der Waals surface area contributed by atoms with Crippen molar-refractivity contribution in [3.05, 3.63) is 11.9 Å². The van der Waals surface area contributed by atoms with Crippen molar-refractivity contribution in [2.75, 3.05) is 14.1 Å². The van der Waals surface area contributed by atoms with Crippen LogP contribution in [-0.4, -0.2) is 36.8 Å². The number of nitrogens with zero attached hydrogens (tertiary/aromatic N) is 3. The van der Waals surface area contributed by atoms with Crippen molar-refractivity contribution in [1.82, 2.24) is 4.90 Å². The van der Waals surface area contributed by atoms with E-state index in [0.717, 1.165) is 6.42 Å². The molecule has 0 unspecified atom stereocenters. The van der Waals surface area contributed by atoms with Gasteiger partial charge in [-0.3, -0.25) is 14.7 Å². The zero-order valence-corrected chi connectivity index (χ0v) is 10.1.